The van der Waals surface area contributed by atoms with Crippen LogP contribution in [0.5, 0.6) is 5.75 Å². The minimum absolute atomic E-state index is 0.304. The van der Waals surface area contributed by atoms with E-state index in [9.17, 15) is 9.18 Å². The number of carbonyl (C=O) groups is 1. The number of nitrogens with one attached hydrogen (secondary N) is 2. The Morgan fingerprint density at radius 3 is 2.65 bits per heavy atom. The number of para-hydroxylation sites is 3. The van der Waals surface area contributed by atoms with E-state index in [-0.39, 0.29) is 11.8 Å². The predicted molar refractivity (Wildman–Crippen MR) is 119 cm³/mol. The molecule has 6 heteroatoms. The number of rotatable bonds is 3. The van der Waals surface area contributed by atoms with Crippen LogP contribution in [0.25, 0.3) is 10.9 Å². The summed E-state index contributed by atoms with van der Waals surface area (Å²) in [6, 6.07) is 21.0. The van der Waals surface area contributed by atoms with Crippen LogP contribution in [0.2, 0.25) is 0 Å². The number of anilines is 1. The molecule has 1 aliphatic rings. The van der Waals surface area contributed by atoms with Crippen molar-refractivity contribution in [3.05, 3.63) is 95.4 Å². The van der Waals surface area contributed by atoms with Gasteiger partial charge in [-0.15, -0.1) is 0 Å². The van der Waals surface area contributed by atoms with Gasteiger partial charge in [-0.3, -0.25) is 0 Å². The highest BCUT2D eigenvalue weighted by Crippen LogP contribution is 2.39. The van der Waals surface area contributed by atoms with Crippen molar-refractivity contribution in [1.82, 2.24) is 9.88 Å². The van der Waals surface area contributed by atoms with Gasteiger partial charge in [0.15, 0.2) is 0 Å². The Morgan fingerprint density at radius 1 is 1.06 bits per heavy atom. The van der Waals surface area contributed by atoms with Crippen molar-refractivity contribution in [2.24, 2.45) is 0 Å². The topological polar surface area (TPSA) is 57.4 Å². The molecular formula is C25H22FN3O2. The fourth-order valence-electron chi connectivity index (χ4n) is 4.41. The molecular weight excluding hydrogens is 393 g/mol. The Kier molecular flexibility index (Phi) is 4.82. The average Bonchev–Trinajstić information content (AvgIpc) is 3.18. The molecule has 2 heterocycles. The van der Waals surface area contributed by atoms with Gasteiger partial charge in [0.25, 0.3) is 0 Å². The van der Waals surface area contributed by atoms with Crippen molar-refractivity contribution in [2.75, 3.05) is 19.0 Å². The van der Waals surface area contributed by atoms with E-state index in [1.54, 1.807) is 42.3 Å². The zero-order valence-corrected chi connectivity index (χ0v) is 17.1. The number of carbonyl (C=O) groups excluding carboxylic acids is 1. The van der Waals surface area contributed by atoms with E-state index in [0.717, 1.165) is 22.2 Å². The number of ether oxygens (including phenoxy) is 1. The maximum absolute atomic E-state index is 14.9. The zero-order chi connectivity index (χ0) is 21.4. The molecule has 0 saturated heterocycles. The first-order chi connectivity index (χ1) is 15.2. The highest BCUT2D eigenvalue weighted by molar-refractivity contribution is 5.92. The lowest BCUT2D eigenvalue weighted by Gasteiger charge is -2.36. The van der Waals surface area contributed by atoms with Crippen LogP contribution in [0.1, 0.15) is 22.9 Å². The number of halogens is 1. The van der Waals surface area contributed by atoms with E-state index < -0.39 is 6.04 Å². The second-order valence-electron chi connectivity index (χ2n) is 7.56. The maximum Gasteiger partial charge on any atom is 0.322 e. The number of urea groups is 1. The van der Waals surface area contributed by atoms with Gasteiger partial charge in [-0.2, -0.15) is 0 Å². The summed E-state index contributed by atoms with van der Waals surface area (Å²) < 4.78 is 20.3. The smallest absolute Gasteiger partial charge is 0.322 e. The van der Waals surface area contributed by atoms with Gasteiger partial charge in [0.1, 0.15) is 17.6 Å². The SMILES string of the molecule is COc1ccccc1NC(=O)N1CCc2c([nH]c3ccccc23)[C@@H]1c1ccccc1F. The van der Waals surface area contributed by atoms with Crippen molar-refractivity contribution in [3.63, 3.8) is 0 Å². The van der Waals surface area contributed by atoms with Gasteiger partial charge in [-0.05, 0) is 36.2 Å². The summed E-state index contributed by atoms with van der Waals surface area (Å²) in [7, 11) is 1.56. The fourth-order valence-corrected chi connectivity index (χ4v) is 4.41. The molecule has 1 aromatic heterocycles. The van der Waals surface area contributed by atoms with Crippen molar-refractivity contribution in [1.29, 1.82) is 0 Å². The lowest BCUT2D eigenvalue weighted by Crippen LogP contribution is -2.43. The summed E-state index contributed by atoms with van der Waals surface area (Å²) in [5.74, 6) is 0.232. The molecule has 0 aliphatic carbocycles. The van der Waals surface area contributed by atoms with Gasteiger partial charge in [0.2, 0.25) is 0 Å². The number of amides is 2. The van der Waals surface area contributed by atoms with Crippen molar-refractivity contribution >= 4 is 22.6 Å². The van der Waals surface area contributed by atoms with Crippen LogP contribution in [0.3, 0.4) is 0 Å². The van der Waals surface area contributed by atoms with Crippen molar-refractivity contribution in [2.45, 2.75) is 12.5 Å². The molecule has 0 fully saturated rings. The van der Waals surface area contributed by atoms with E-state index in [2.05, 4.69) is 16.4 Å². The number of H-pyrrole nitrogens is 1. The van der Waals surface area contributed by atoms with Gasteiger partial charge < -0.3 is 19.9 Å². The number of fused-ring (bicyclic) bond motifs is 3. The molecule has 0 bridgehead atoms. The molecule has 0 saturated carbocycles. The van der Waals surface area contributed by atoms with Crippen LogP contribution in [0.4, 0.5) is 14.9 Å². The van der Waals surface area contributed by atoms with E-state index in [4.69, 9.17) is 4.74 Å². The van der Waals surface area contributed by atoms with E-state index in [1.807, 2.05) is 30.3 Å². The molecule has 5 rings (SSSR count). The van der Waals surface area contributed by atoms with Crippen LogP contribution >= 0.6 is 0 Å². The average molecular weight is 415 g/mol. The first-order valence-corrected chi connectivity index (χ1v) is 10.2. The molecule has 4 aromatic rings. The quantitative estimate of drug-likeness (QED) is 0.465. The van der Waals surface area contributed by atoms with Gasteiger partial charge in [0.05, 0.1) is 12.8 Å². The molecule has 1 atom stereocenters. The summed E-state index contributed by atoms with van der Waals surface area (Å²) in [6.45, 7) is 0.467. The third kappa shape index (κ3) is 3.30. The fraction of sp³-hybridized carbons (Fsp3) is 0.160. The molecule has 2 N–H and O–H groups in total. The maximum atomic E-state index is 14.9. The van der Waals surface area contributed by atoms with Gasteiger partial charge >= 0.3 is 6.03 Å². The summed E-state index contributed by atoms with van der Waals surface area (Å²) in [4.78, 5) is 18.5. The van der Waals surface area contributed by atoms with Crippen molar-refractivity contribution in [3.8, 4) is 5.75 Å². The standard InChI is InChI=1S/C25H22FN3O2/c1-31-22-13-7-6-12-21(22)28-25(30)29-15-14-17-16-8-3-5-11-20(16)27-23(17)24(29)18-9-2-4-10-19(18)26/h2-13,24,27H,14-15H2,1H3,(H,28,30)/t24-/m0/s1. The number of hydrogen-bond donors (Lipinski definition) is 2. The number of aromatic nitrogens is 1. The molecule has 5 nitrogen and oxygen atoms in total. The van der Waals surface area contributed by atoms with Crippen LogP contribution in [0.15, 0.2) is 72.8 Å². The van der Waals surface area contributed by atoms with E-state index in [0.29, 0.717) is 30.0 Å². The molecule has 2 amide bonds. The second-order valence-corrected chi connectivity index (χ2v) is 7.56. The Balaban J connectivity index is 1.60. The van der Waals surface area contributed by atoms with E-state index in [1.165, 1.54) is 6.07 Å². The highest BCUT2D eigenvalue weighted by Gasteiger charge is 2.36. The Morgan fingerprint density at radius 2 is 1.81 bits per heavy atom. The Bertz CT molecular complexity index is 1270. The summed E-state index contributed by atoms with van der Waals surface area (Å²) in [6.07, 6.45) is 0.684. The predicted octanol–water partition coefficient (Wildman–Crippen LogP) is 5.50. The summed E-state index contributed by atoms with van der Waals surface area (Å²) in [5.41, 5.74) is 4.01. The van der Waals surface area contributed by atoms with E-state index >= 15 is 0 Å². The number of benzene rings is 3. The number of hydrogen-bond acceptors (Lipinski definition) is 2. The minimum Gasteiger partial charge on any atom is -0.495 e. The largest absolute Gasteiger partial charge is 0.495 e. The molecule has 0 radical (unpaired) electrons. The second kappa shape index (κ2) is 7.80. The van der Waals surface area contributed by atoms with Crippen molar-refractivity contribution < 1.29 is 13.9 Å². The molecule has 0 spiro atoms. The van der Waals surface area contributed by atoms with Gasteiger partial charge in [-0.1, -0.05) is 48.5 Å². The Hall–Kier alpha value is -3.80. The molecule has 3 aromatic carbocycles. The van der Waals surface area contributed by atoms with Gasteiger partial charge in [-0.25, -0.2) is 9.18 Å². The minimum atomic E-state index is -0.563. The Labute approximate surface area is 179 Å². The molecule has 1 aliphatic heterocycles. The lowest BCUT2D eigenvalue weighted by molar-refractivity contribution is 0.191. The monoisotopic (exact) mass is 415 g/mol. The first kappa shape index (κ1) is 19.2. The first-order valence-electron chi connectivity index (χ1n) is 10.2. The number of nitrogens with zero attached hydrogens (tertiary/aromatic N) is 1. The number of methoxy groups -OCH3 is 1. The van der Waals surface area contributed by atoms with Crippen LogP contribution in [0, 0.1) is 5.82 Å². The van der Waals surface area contributed by atoms with Gasteiger partial charge in [0, 0.05) is 28.7 Å². The summed E-state index contributed by atoms with van der Waals surface area (Å²) >= 11 is 0. The van der Waals surface area contributed by atoms with Crippen LogP contribution in [-0.4, -0.2) is 29.6 Å². The lowest BCUT2D eigenvalue weighted by atomic mass is 9.92. The zero-order valence-electron chi connectivity index (χ0n) is 17.1. The number of aromatic amines is 1. The molecule has 156 valence electrons. The van der Waals surface area contributed by atoms with Crippen LogP contribution < -0.4 is 10.1 Å². The molecule has 31 heavy (non-hydrogen) atoms. The van der Waals surface area contributed by atoms with Crippen LogP contribution in [-0.2, 0) is 6.42 Å². The normalized spacial score (nSPS) is 15.5. The third-order valence-corrected chi connectivity index (χ3v) is 5.84. The summed E-state index contributed by atoms with van der Waals surface area (Å²) in [5, 5.41) is 4.06. The third-order valence-electron chi connectivity index (χ3n) is 5.84. The molecule has 0 unspecified atom stereocenters. The highest BCUT2D eigenvalue weighted by atomic mass is 19.1.